The number of aliphatic hydroxyl groups excluding tert-OH is 2. The van der Waals surface area contributed by atoms with Gasteiger partial charge in [-0.05, 0) is 77.0 Å². The van der Waals surface area contributed by atoms with Crippen LogP contribution in [0.4, 0.5) is 0 Å². The maximum absolute atomic E-state index is 12.5. The summed E-state index contributed by atoms with van der Waals surface area (Å²) in [4.78, 5) is 24.6. The minimum Gasteiger partial charge on any atom is -0.466 e. The maximum Gasteiger partial charge on any atom is 0.305 e. The first-order valence-electron chi connectivity index (χ1n) is 30.1. The third kappa shape index (κ3) is 53.5. The molecule has 0 rings (SSSR count). The van der Waals surface area contributed by atoms with Crippen molar-refractivity contribution < 1.29 is 24.5 Å². The van der Waals surface area contributed by atoms with Crippen LogP contribution in [-0.2, 0) is 14.3 Å². The van der Waals surface area contributed by atoms with Gasteiger partial charge in [-0.15, -0.1) is 0 Å². The second-order valence-electron chi connectivity index (χ2n) is 20.7. The first-order valence-corrected chi connectivity index (χ1v) is 30.1. The molecule has 0 aromatic carbocycles. The molecule has 2 unspecified atom stereocenters. The van der Waals surface area contributed by atoms with Crippen LogP contribution in [0.15, 0.2) is 24.3 Å². The van der Waals surface area contributed by atoms with Crippen LogP contribution in [0, 0.1) is 0 Å². The number of hydrogen-bond donors (Lipinski definition) is 3. The monoisotopic (exact) mass is 944 g/mol. The van der Waals surface area contributed by atoms with E-state index in [0.29, 0.717) is 25.9 Å². The lowest BCUT2D eigenvalue weighted by molar-refractivity contribution is -0.143. The summed E-state index contributed by atoms with van der Waals surface area (Å²) in [5.41, 5.74) is 0. The van der Waals surface area contributed by atoms with Gasteiger partial charge in [0.25, 0.3) is 0 Å². The number of nitrogens with one attached hydrogen (secondary N) is 1. The summed E-state index contributed by atoms with van der Waals surface area (Å²) < 4.78 is 5.47. The first kappa shape index (κ1) is 65.3. The second-order valence-corrected chi connectivity index (χ2v) is 20.7. The lowest BCUT2D eigenvalue weighted by atomic mass is 10.0. The Morgan fingerprint density at radius 3 is 1.06 bits per heavy atom. The van der Waals surface area contributed by atoms with Gasteiger partial charge < -0.3 is 20.3 Å². The van der Waals surface area contributed by atoms with E-state index in [2.05, 4.69) is 43.5 Å². The van der Waals surface area contributed by atoms with Gasteiger partial charge in [0.05, 0.1) is 25.4 Å². The third-order valence-electron chi connectivity index (χ3n) is 14.0. The molecule has 0 heterocycles. The predicted octanol–water partition coefficient (Wildman–Crippen LogP) is 18.6. The fraction of sp³-hybridized carbons (Fsp3) is 0.902. The normalized spacial score (nSPS) is 12.7. The number of aliphatic hydroxyl groups is 2. The number of unbranched alkanes of at least 4 members (excludes halogenated alkanes) is 41. The molecule has 0 aliphatic carbocycles. The molecule has 6 nitrogen and oxygen atoms in total. The quantitative estimate of drug-likeness (QED) is 0.0321. The SMILES string of the molecule is CCCCCCCC/C=C\CCCCCCCCCC(=O)OCCCCCC/C=C\CCCCCCCCCC(=O)NC(CO)C(O)CCCCCCCCCCCCCCCCCCCC. The number of carbonyl (C=O) groups is 2. The highest BCUT2D eigenvalue weighted by molar-refractivity contribution is 5.76. The predicted molar refractivity (Wildman–Crippen MR) is 292 cm³/mol. The van der Waals surface area contributed by atoms with Crippen molar-refractivity contribution in [2.75, 3.05) is 13.2 Å². The Morgan fingerprint density at radius 2 is 0.701 bits per heavy atom. The van der Waals surface area contributed by atoms with Crippen LogP contribution in [0.25, 0.3) is 0 Å². The zero-order chi connectivity index (χ0) is 48.6. The summed E-state index contributed by atoms with van der Waals surface area (Å²) in [5, 5.41) is 23.3. The van der Waals surface area contributed by atoms with Gasteiger partial charge in [-0.2, -0.15) is 0 Å². The van der Waals surface area contributed by atoms with E-state index in [0.717, 1.165) is 70.6 Å². The molecule has 0 aliphatic heterocycles. The van der Waals surface area contributed by atoms with E-state index < -0.39 is 12.1 Å². The van der Waals surface area contributed by atoms with Gasteiger partial charge in [0.15, 0.2) is 0 Å². The molecule has 3 N–H and O–H groups in total. The van der Waals surface area contributed by atoms with Gasteiger partial charge in [-0.1, -0.05) is 263 Å². The van der Waals surface area contributed by atoms with Crippen molar-refractivity contribution in [2.24, 2.45) is 0 Å². The molecule has 1 amide bonds. The molecule has 2 atom stereocenters. The molecular formula is C61H117NO5. The zero-order valence-electron chi connectivity index (χ0n) is 45.1. The zero-order valence-corrected chi connectivity index (χ0v) is 45.1. The molecule has 0 fully saturated rings. The second kappa shape index (κ2) is 56.9. The highest BCUT2D eigenvalue weighted by Gasteiger charge is 2.20. The largest absolute Gasteiger partial charge is 0.466 e. The van der Waals surface area contributed by atoms with Crippen molar-refractivity contribution in [3.05, 3.63) is 24.3 Å². The van der Waals surface area contributed by atoms with Crippen LogP contribution in [0.5, 0.6) is 0 Å². The summed E-state index contributed by atoms with van der Waals surface area (Å²) in [6.45, 7) is 4.93. The molecule has 396 valence electrons. The molecular weight excluding hydrogens is 827 g/mol. The van der Waals surface area contributed by atoms with Crippen LogP contribution in [0.1, 0.15) is 328 Å². The van der Waals surface area contributed by atoms with Crippen LogP contribution >= 0.6 is 0 Å². The number of amides is 1. The Bertz CT molecular complexity index is 1040. The topological polar surface area (TPSA) is 95.9 Å². The summed E-state index contributed by atoms with van der Waals surface area (Å²) >= 11 is 0. The Balaban J connectivity index is 3.46. The van der Waals surface area contributed by atoms with E-state index in [9.17, 15) is 19.8 Å². The summed E-state index contributed by atoms with van der Waals surface area (Å²) in [5.74, 6) is -0.0607. The number of carbonyl (C=O) groups excluding carboxylic acids is 2. The van der Waals surface area contributed by atoms with Gasteiger partial charge in [0.1, 0.15) is 0 Å². The average molecular weight is 945 g/mol. The van der Waals surface area contributed by atoms with Crippen molar-refractivity contribution in [1.29, 1.82) is 0 Å². The molecule has 0 saturated heterocycles. The summed E-state index contributed by atoms with van der Waals surface area (Å²) in [6.07, 6.45) is 68.8. The Labute approximate surface area is 418 Å². The van der Waals surface area contributed by atoms with Crippen LogP contribution in [0.3, 0.4) is 0 Å². The van der Waals surface area contributed by atoms with E-state index in [1.165, 1.54) is 225 Å². The Hall–Kier alpha value is -1.66. The van der Waals surface area contributed by atoms with E-state index in [1.807, 2.05) is 0 Å². The van der Waals surface area contributed by atoms with Crippen LogP contribution in [0.2, 0.25) is 0 Å². The van der Waals surface area contributed by atoms with Gasteiger partial charge in [0.2, 0.25) is 5.91 Å². The lowest BCUT2D eigenvalue weighted by Gasteiger charge is -2.22. The number of esters is 1. The molecule has 0 aliphatic rings. The molecule has 0 bridgehead atoms. The van der Waals surface area contributed by atoms with Gasteiger partial charge >= 0.3 is 5.97 Å². The molecule has 67 heavy (non-hydrogen) atoms. The lowest BCUT2D eigenvalue weighted by Crippen LogP contribution is -2.45. The van der Waals surface area contributed by atoms with E-state index in [1.54, 1.807) is 0 Å². The first-order chi connectivity index (χ1) is 33.0. The van der Waals surface area contributed by atoms with E-state index in [4.69, 9.17) is 4.74 Å². The molecule has 0 aromatic rings. The number of hydrogen-bond acceptors (Lipinski definition) is 5. The Morgan fingerprint density at radius 1 is 0.403 bits per heavy atom. The molecule has 0 spiro atoms. The van der Waals surface area contributed by atoms with Gasteiger partial charge in [0, 0.05) is 12.8 Å². The Kier molecular flexibility index (Phi) is 55.5. The smallest absolute Gasteiger partial charge is 0.305 e. The fourth-order valence-corrected chi connectivity index (χ4v) is 9.34. The van der Waals surface area contributed by atoms with E-state index in [-0.39, 0.29) is 18.5 Å². The van der Waals surface area contributed by atoms with E-state index >= 15 is 0 Å². The van der Waals surface area contributed by atoms with Crippen molar-refractivity contribution in [2.45, 2.75) is 341 Å². The number of ether oxygens (including phenoxy) is 1. The molecule has 0 saturated carbocycles. The highest BCUT2D eigenvalue weighted by Crippen LogP contribution is 2.17. The molecule has 0 radical (unpaired) electrons. The molecule has 0 aromatic heterocycles. The number of rotatable bonds is 56. The summed E-state index contributed by atoms with van der Waals surface area (Å²) in [7, 11) is 0. The van der Waals surface area contributed by atoms with Gasteiger partial charge in [-0.3, -0.25) is 9.59 Å². The minimum absolute atomic E-state index is 0.0128. The van der Waals surface area contributed by atoms with Crippen LogP contribution in [-0.4, -0.2) is 47.4 Å². The standard InChI is InChI=1S/C61H117NO5/c1-3-5-7-9-11-13-15-17-19-21-23-25-29-33-37-41-45-49-53-59(64)58(57-63)62-60(65)54-50-46-42-38-34-30-26-24-28-32-36-40-44-48-52-56-67-61(66)55-51-47-43-39-35-31-27-22-20-18-16-14-12-10-8-6-4-2/h18,20,28,32,58-59,63-64H,3-17,19,21-27,29-31,33-57H2,1-2H3,(H,62,65)/b20-18-,32-28-. The van der Waals surface area contributed by atoms with Crippen molar-refractivity contribution in [3.63, 3.8) is 0 Å². The maximum atomic E-state index is 12.5. The number of allylic oxidation sites excluding steroid dienone is 4. The highest BCUT2D eigenvalue weighted by atomic mass is 16.5. The van der Waals surface area contributed by atoms with Gasteiger partial charge in [-0.25, -0.2) is 0 Å². The minimum atomic E-state index is -0.675. The summed E-state index contributed by atoms with van der Waals surface area (Å²) in [6, 6.07) is -0.553. The van der Waals surface area contributed by atoms with Crippen LogP contribution < -0.4 is 5.32 Å². The average Bonchev–Trinajstić information content (AvgIpc) is 3.33. The van der Waals surface area contributed by atoms with Crippen molar-refractivity contribution >= 4 is 11.9 Å². The third-order valence-corrected chi connectivity index (χ3v) is 14.0. The molecule has 6 heteroatoms. The van der Waals surface area contributed by atoms with Crippen molar-refractivity contribution in [1.82, 2.24) is 5.32 Å². The fourth-order valence-electron chi connectivity index (χ4n) is 9.34. The van der Waals surface area contributed by atoms with Crippen molar-refractivity contribution in [3.8, 4) is 0 Å².